The summed E-state index contributed by atoms with van der Waals surface area (Å²) in [5, 5.41) is 8.97. The van der Waals surface area contributed by atoms with Gasteiger partial charge in [-0.25, -0.2) is 0 Å². The van der Waals surface area contributed by atoms with E-state index in [1.54, 1.807) is 25.1 Å². The molecule has 2 unspecified atom stereocenters. The average Bonchev–Trinajstić information content (AvgIpc) is 2.43. The van der Waals surface area contributed by atoms with Crippen LogP contribution < -0.4 is 9.47 Å². The number of benzene rings is 1. The molecule has 0 fully saturated rings. The Morgan fingerprint density at radius 1 is 1.11 bits per heavy atom. The summed E-state index contributed by atoms with van der Waals surface area (Å²) >= 11 is 0. The van der Waals surface area contributed by atoms with Crippen LogP contribution in [0.5, 0.6) is 11.5 Å². The van der Waals surface area contributed by atoms with Gasteiger partial charge >= 0.3 is 5.97 Å². The second-order valence-electron chi connectivity index (χ2n) is 4.35. The van der Waals surface area contributed by atoms with Gasteiger partial charge in [-0.2, -0.15) is 0 Å². The Morgan fingerprint density at radius 3 is 2.21 bits per heavy atom. The van der Waals surface area contributed by atoms with Crippen LogP contribution in [0.1, 0.15) is 24.2 Å². The van der Waals surface area contributed by atoms with Crippen molar-refractivity contribution in [3.63, 3.8) is 0 Å². The van der Waals surface area contributed by atoms with Crippen LogP contribution in [0.3, 0.4) is 0 Å². The van der Waals surface area contributed by atoms with Crippen LogP contribution in [0.4, 0.5) is 0 Å². The smallest absolute Gasteiger partial charge is 0.306 e. The number of rotatable bonds is 6. The number of hydrogen-bond donors (Lipinski definition) is 1. The number of ether oxygens (including phenoxy) is 2. The van der Waals surface area contributed by atoms with Crippen molar-refractivity contribution in [3.8, 4) is 11.5 Å². The highest BCUT2D eigenvalue weighted by Crippen LogP contribution is 2.28. The average molecular weight is 266 g/mol. The topological polar surface area (TPSA) is 72.8 Å². The third-order valence-electron chi connectivity index (χ3n) is 3.23. The van der Waals surface area contributed by atoms with E-state index in [2.05, 4.69) is 0 Å². The maximum absolute atomic E-state index is 12.3. The predicted molar refractivity (Wildman–Crippen MR) is 69.8 cm³/mol. The number of Topliss-reactive ketones (excluding diaryl/α,β-unsaturated/α-hetero) is 1. The summed E-state index contributed by atoms with van der Waals surface area (Å²) in [6.45, 7) is 3.11. The van der Waals surface area contributed by atoms with Crippen molar-refractivity contribution in [1.29, 1.82) is 0 Å². The predicted octanol–water partition coefficient (Wildman–Crippen LogP) is 2.24. The number of methoxy groups -OCH3 is 2. The number of ketones is 1. The Hall–Kier alpha value is -2.04. The largest absolute Gasteiger partial charge is 0.497 e. The molecule has 0 spiro atoms. The van der Waals surface area contributed by atoms with E-state index in [4.69, 9.17) is 14.6 Å². The van der Waals surface area contributed by atoms with E-state index in [-0.39, 0.29) is 5.78 Å². The maximum atomic E-state index is 12.3. The highest BCUT2D eigenvalue weighted by molar-refractivity contribution is 6.02. The molecule has 1 rings (SSSR count). The Bertz CT molecular complexity index is 481. The molecule has 0 saturated carbocycles. The zero-order valence-electron chi connectivity index (χ0n) is 11.5. The number of aliphatic carboxylic acids is 1. The van der Waals surface area contributed by atoms with Crippen molar-refractivity contribution < 1.29 is 24.2 Å². The van der Waals surface area contributed by atoms with Crippen LogP contribution in [-0.4, -0.2) is 31.1 Å². The lowest BCUT2D eigenvalue weighted by Crippen LogP contribution is -2.25. The third-order valence-corrected chi connectivity index (χ3v) is 3.23. The van der Waals surface area contributed by atoms with E-state index in [9.17, 15) is 9.59 Å². The molecule has 1 N–H and O–H groups in total. The van der Waals surface area contributed by atoms with Gasteiger partial charge in [-0.05, 0) is 18.2 Å². The normalized spacial score (nSPS) is 13.5. The van der Waals surface area contributed by atoms with E-state index >= 15 is 0 Å². The van der Waals surface area contributed by atoms with Crippen LogP contribution in [0.2, 0.25) is 0 Å². The Labute approximate surface area is 112 Å². The highest BCUT2D eigenvalue weighted by Gasteiger charge is 2.28. The standard InChI is InChI=1S/C14H18O5/c1-8(9(2)14(16)17)13(15)11-7-10(18-3)5-6-12(11)19-4/h5-9H,1-4H3,(H,16,17). The van der Waals surface area contributed by atoms with Crippen LogP contribution >= 0.6 is 0 Å². The van der Waals surface area contributed by atoms with Gasteiger partial charge < -0.3 is 14.6 Å². The Kier molecular flexibility index (Phi) is 4.92. The van der Waals surface area contributed by atoms with E-state index < -0.39 is 17.8 Å². The zero-order chi connectivity index (χ0) is 14.6. The summed E-state index contributed by atoms with van der Waals surface area (Å²) in [4.78, 5) is 23.3. The molecule has 5 nitrogen and oxygen atoms in total. The molecule has 19 heavy (non-hydrogen) atoms. The molecule has 0 heterocycles. The van der Waals surface area contributed by atoms with Gasteiger partial charge in [0.2, 0.25) is 0 Å². The minimum Gasteiger partial charge on any atom is -0.497 e. The quantitative estimate of drug-likeness (QED) is 0.799. The molecule has 0 aliphatic rings. The fourth-order valence-corrected chi connectivity index (χ4v) is 1.69. The first-order chi connectivity index (χ1) is 8.92. The van der Waals surface area contributed by atoms with Crippen molar-refractivity contribution in [1.82, 2.24) is 0 Å². The van der Waals surface area contributed by atoms with Crippen molar-refractivity contribution in [2.45, 2.75) is 13.8 Å². The number of carboxylic acid groups (broad SMARTS) is 1. The molecule has 0 amide bonds. The molecule has 0 aromatic heterocycles. The molecule has 1 aromatic carbocycles. The van der Waals surface area contributed by atoms with Crippen LogP contribution in [0, 0.1) is 11.8 Å². The molecule has 0 aliphatic carbocycles. The van der Waals surface area contributed by atoms with Gasteiger partial charge in [-0.1, -0.05) is 13.8 Å². The molecule has 2 atom stereocenters. The third kappa shape index (κ3) is 3.24. The summed E-state index contributed by atoms with van der Waals surface area (Å²) < 4.78 is 10.2. The Balaban J connectivity index is 3.13. The molecular weight excluding hydrogens is 248 g/mol. The summed E-state index contributed by atoms with van der Waals surface area (Å²) in [6, 6.07) is 4.87. The highest BCUT2D eigenvalue weighted by atomic mass is 16.5. The van der Waals surface area contributed by atoms with Crippen LogP contribution in [0.15, 0.2) is 18.2 Å². The fourth-order valence-electron chi connectivity index (χ4n) is 1.69. The molecule has 5 heteroatoms. The van der Waals surface area contributed by atoms with E-state index in [0.717, 1.165) is 0 Å². The number of carbonyl (C=O) groups excluding carboxylic acids is 1. The first-order valence-electron chi connectivity index (χ1n) is 5.91. The number of carboxylic acids is 1. The molecule has 0 radical (unpaired) electrons. The molecule has 104 valence electrons. The number of hydrogen-bond acceptors (Lipinski definition) is 4. The van der Waals surface area contributed by atoms with E-state index in [1.165, 1.54) is 21.1 Å². The minimum atomic E-state index is -0.997. The lowest BCUT2D eigenvalue weighted by molar-refractivity contribution is -0.142. The van der Waals surface area contributed by atoms with Crippen LogP contribution in [-0.2, 0) is 4.79 Å². The molecular formula is C14H18O5. The van der Waals surface area contributed by atoms with E-state index in [1.807, 2.05) is 0 Å². The monoisotopic (exact) mass is 266 g/mol. The molecule has 0 saturated heterocycles. The van der Waals surface area contributed by atoms with Crippen LogP contribution in [0.25, 0.3) is 0 Å². The Morgan fingerprint density at radius 2 is 1.74 bits per heavy atom. The molecule has 0 bridgehead atoms. The van der Waals surface area contributed by atoms with Crippen molar-refractivity contribution in [2.24, 2.45) is 11.8 Å². The van der Waals surface area contributed by atoms with Crippen molar-refractivity contribution >= 4 is 11.8 Å². The number of carbonyl (C=O) groups is 2. The summed E-state index contributed by atoms with van der Waals surface area (Å²) in [5.74, 6) is -1.73. The van der Waals surface area contributed by atoms with Gasteiger partial charge in [-0.3, -0.25) is 9.59 Å². The van der Waals surface area contributed by atoms with Gasteiger partial charge in [0.25, 0.3) is 0 Å². The molecule has 1 aromatic rings. The van der Waals surface area contributed by atoms with Gasteiger partial charge in [0.15, 0.2) is 5.78 Å². The summed E-state index contributed by atoms with van der Waals surface area (Å²) in [5.41, 5.74) is 0.336. The van der Waals surface area contributed by atoms with Gasteiger partial charge in [0.1, 0.15) is 11.5 Å². The lowest BCUT2D eigenvalue weighted by Gasteiger charge is -2.17. The fraction of sp³-hybridized carbons (Fsp3) is 0.429. The first-order valence-corrected chi connectivity index (χ1v) is 5.91. The summed E-state index contributed by atoms with van der Waals surface area (Å²) in [6.07, 6.45) is 0. The van der Waals surface area contributed by atoms with Crippen molar-refractivity contribution in [2.75, 3.05) is 14.2 Å². The van der Waals surface area contributed by atoms with Crippen molar-refractivity contribution in [3.05, 3.63) is 23.8 Å². The second-order valence-corrected chi connectivity index (χ2v) is 4.35. The minimum absolute atomic E-state index is 0.273. The maximum Gasteiger partial charge on any atom is 0.306 e. The lowest BCUT2D eigenvalue weighted by atomic mass is 9.88. The second kappa shape index (κ2) is 6.22. The molecule has 0 aliphatic heterocycles. The SMILES string of the molecule is COc1ccc(OC)c(C(=O)C(C)C(C)C(=O)O)c1. The van der Waals surface area contributed by atoms with Gasteiger partial charge in [-0.15, -0.1) is 0 Å². The van der Waals surface area contributed by atoms with E-state index in [0.29, 0.717) is 17.1 Å². The van der Waals surface area contributed by atoms with Gasteiger partial charge in [0, 0.05) is 5.92 Å². The van der Waals surface area contributed by atoms with Gasteiger partial charge in [0.05, 0.1) is 25.7 Å². The zero-order valence-corrected chi connectivity index (χ0v) is 11.5. The summed E-state index contributed by atoms with van der Waals surface area (Å²) in [7, 11) is 2.96. The first kappa shape index (κ1) is 15.0.